The lowest BCUT2D eigenvalue weighted by Gasteiger charge is -1.97. The summed E-state index contributed by atoms with van der Waals surface area (Å²) in [6.45, 7) is 9.66. The van der Waals surface area contributed by atoms with Crippen LogP contribution >= 0.6 is 0 Å². The summed E-state index contributed by atoms with van der Waals surface area (Å²) in [5, 5.41) is 1.26. The third kappa shape index (κ3) is 2.84. The van der Waals surface area contributed by atoms with Crippen LogP contribution in [0.15, 0.2) is 24.7 Å². The number of unbranched alkanes of at least 4 members (excludes halogenated alkanes) is 1. The highest BCUT2D eigenvalue weighted by molar-refractivity contribution is 5.82. The molecule has 0 aromatic carbocycles. The van der Waals surface area contributed by atoms with Gasteiger partial charge < -0.3 is 4.57 Å². The molecule has 88 valence electrons. The number of hydrogen-bond acceptors (Lipinski definition) is 1. The molecule has 0 unspecified atom stereocenters. The molecule has 0 atom stereocenters. The normalized spacial score (nSPS) is 10.0. The van der Waals surface area contributed by atoms with Gasteiger partial charge in [0, 0.05) is 30.5 Å². The van der Waals surface area contributed by atoms with Gasteiger partial charge in [0.2, 0.25) is 0 Å². The second-order valence-corrected chi connectivity index (χ2v) is 3.99. The molecular formula is C14H22N2. The van der Waals surface area contributed by atoms with E-state index in [0.29, 0.717) is 0 Å². The predicted octanol–water partition coefficient (Wildman–Crippen LogP) is 4.17. The summed E-state index contributed by atoms with van der Waals surface area (Å²) in [6.07, 6.45) is 8.58. The molecule has 0 amide bonds. The molecule has 0 N–H and O–H groups in total. The summed E-state index contributed by atoms with van der Waals surface area (Å²) in [7, 11) is 0. The van der Waals surface area contributed by atoms with Gasteiger partial charge in [-0.3, -0.25) is 4.98 Å². The van der Waals surface area contributed by atoms with Crippen molar-refractivity contribution in [2.24, 2.45) is 0 Å². The van der Waals surface area contributed by atoms with Crippen molar-refractivity contribution in [3.05, 3.63) is 30.2 Å². The molecule has 0 bridgehead atoms. The summed E-state index contributed by atoms with van der Waals surface area (Å²) in [5.74, 6) is 0. The minimum Gasteiger partial charge on any atom is -0.347 e. The van der Waals surface area contributed by atoms with Crippen LogP contribution in [-0.4, -0.2) is 9.55 Å². The third-order valence-electron chi connectivity index (χ3n) is 2.72. The quantitative estimate of drug-likeness (QED) is 0.739. The molecular weight excluding hydrogens is 196 g/mol. The van der Waals surface area contributed by atoms with Crippen LogP contribution in [0.5, 0.6) is 0 Å². The Labute approximate surface area is 98.3 Å². The molecule has 2 rings (SSSR count). The average Bonchev–Trinajstić information content (AvgIpc) is 2.67. The SMILES string of the molecule is CCCC.CCn1cc(C)c2cnccc21. The van der Waals surface area contributed by atoms with Crippen molar-refractivity contribution in [1.82, 2.24) is 9.55 Å². The fourth-order valence-corrected chi connectivity index (χ4v) is 1.58. The Morgan fingerprint density at radius 3 is 2.44 bits per heavy atom. The summed E-state index contributed by atoms with van der Waals surface area (Å²) in [5.41, 5.74) is 2.59. The molecule has 2 heteroatoms. The van der Waals surface area contributed by atoms with Crippen molar-refractivity contribution in [3.63, 3.8) is 0 Å². The van der Waals surface area contributed by atoms with E-state index in [-0.39, 0.29) is 0 Å². The summed E-state index contributed by atoms with van der Waals surface area (Å²) in [4.78, 5) is 4.11. The molecule has 0 saturated carbocycles. The average molecular weight is 218 g/mol. The van der Waals surface area contributed by atoms with Crippen LogP contribution in [0.3, 0.4) is 0 Å². The lowest BCUT2D eigenvalue weighted by atomic mass is 10.2. The van der Waals surface area contributed by atoms with E-state index in [0.717, 1.165) is 6.54 Å². The number of nitrogens with zero attached hydrogens (tertiary/aromatic N) is 2. The molecule has 2 aromatic heterocycles. The van der Waals surface area contributed by atoms with Gasteiger partial charge >= 0.3 is 0 Å². The van der Waals surface area contributed by atoms with E-state index in [9.17, 15) is 0 Å². The number of pyridine rings is 1. The smallest absolute Gasteiger partial charge is 0.0513 e. The van der Waals surface area contributed by atoms with Gasteiger partial charge in [0.15, 0.2) is 0 Å². The lowest BCUT2D eigenvalue weighted by Crippen LogP contribution is -1.89. The Hall–Kier alpha value is -1.31. The molecule has 0 saturated heterocycles. The van der Waals surface area contributed by atoms with Crippen molar-refractivity contribution >= 4 is 10.9 Å². The topological polar surface area (TPSA) is 17.8 Å². The maximum Gasteiger partial charge on any atom is 0.0513 e. The first kappa shape index (κ1) is 12.8. The van der Waals surface area contributed by atoms with E-state index >= 15 is 0 Å². The van der Waals surface area contributed by atoms with Crippen LogP contribution in [0.2, 0.25) is 0 Å². The molecule has 0 aliphatic heterocycles. The van der Waals surface area contributed by atoms with Crippen LogP contribution < -0.4 is 0 Å². The number of aromatic nitrogens is 2. The summed E-state index contributed by atoms with van der Waals surface area (Å²) in [6, 6.07) is 2.06. The molecule has 2 aromatic rings. The minimum absolute atomic E-state index is 1.02. The Bertz CT molecular complexity index is 427. The van der Waals surface area contributed by atoms with Crippen LogP contribution in [0.4, 0.5) is 0 Å². The Balaban J connectivity index is 0.000000280. The van der Waals surface area contributed by atoms with Crippen LogP contribution in [0.25, 0.3) is 10.9 Å². The Morgan fingerprint density at radius 2 is 1.88 bits per heavy atom. The highest BCUT2D eigenvalue weighted by Gasteiger charge is 2.01. The molecule has 16 heavy (non-hydrogen) atoms. The van der Waals surface area contributed by atoms with Crippen LogP contribution in [0.1, 0.15) is 39.2 Å². The fraction of sp³-hybridized carbons (Fsp3) is 0.500. The Morgan fingerprint density at radius 1 is 1.19 bits per heavy atom. The minimum atomic E-state index is 1.02. The van der Waals surface area contributed by atoms with E-state index < -0.39 is 0 Å². The zero-order valence-electron chi connectivity index (χ0n) is 10.8. The molecule has 0 aliphatic rings. The van der Waals surface area contributed by atoms with Crippen LogP contribution in [-0.2, 0) is 6.54 Å². The van der Waals surface area contributed by atoms with Crippen LogP contribution in [0, 0.1) is 6.92 Å². The standard InChI is InChI=1S/C10H12N2.C4H10/c1-3-12-7-8(2)9-6-11-5-4-10(9)12;1-3-4-2/h4-7H,3H2,1-2H3;3-4H2,1-2H3. The zero-order valence-corrected chi connectivity index (χ0v) is 10.8. The van der Waals surface area contributed by atoms with Gasteiger partial charge in [-0.15, -0.1) is 0 Å². The first-order valence-electron chi connectivity index (χ1n) is 6.14. The highest BCUT2D eigenvalue weighted by Crippen LogP contribution is 2.18. The zero-order chi connectivity index (χ0) is 12.0. The van der Waals surface area contributed by atoms with Gasteiger partial charge in [0.1, 0.15) is 0 Å². The van der Waals surface area contributed by atoms with Gasteiger partial charge in [-0.05, 0) is 25.5 Å². The van der Waals surface area contributed by atoms with Crippen molar-refractivity contribution in [2.75, 3.05) is 0 Å². The maximum atomic E-state index is 4.11. The number of rotatable bonds is 2. The van der Waals surface area contributed by atoms with E-state index in [2.05, 4.69) is 49.5 Å². The monoisotopic (exact) mass is 218 g/mol. The van der Waals surface area contributed by atoms with Gasteiger partial charge in [-0.2, -0.15) is 0 Å². The molecule has 0 radical (unpaired) electrons. The molecule has 0 aliphatic carbocycles. The van der Waals surface area contributed by atoms with Crippen molar-refractivity contribution in [3.8, 4) is 0 Å². The second kappa shape index (κ2) is 6.31. The van der Waals surface area contributed by atoms with E-state index in [1.54, 1.807) is 0 Å². The van der Waals surface area contributed by atoms with Gasteiger partial charge in [-0.1, -0.05) is 26.7 Å². The van der Waals surface area contributed by atoms with Gasteiger partial charge in [0.25, 0.3) is 0 Å². The summed E-state index contributed by atoms with van der Waals surface area (Å²) < 4.78 is 2.24. The lowest BCUT2D eigenvalue weighted by molar-refractivity contribution is 0.795. The van der Waals surface area contributed by atoms with Gasteiger partial charge in [0.05, 0.1) is 5.52 Å². The first-order chi connectivity index (χ1) is 7.74. The molecule has 2 heterocycles. The number of fused-ring (bicyclic) bond motifs is 1. The van der Waals surface area contributed by atoms with E-state index in [1.807, 2.05) is 12.4 Å². The van der Waals surface area contributed by atoms with E-state index in [4.69, 9.17) is 0 Å². The van der Waals surface area contributed by atoms with Crippen molar-refractivity contribution < 1.29 is 0 Å². The molecule has 0 fully saturated rings. The second-order valence-electron chi connectivity index (χ2n) is 3.99. The fourth-order valence-electron chi connectivity index (χ4n) is 1.58. The van der Waals surface area contributed by atoms with Crippen molar-refractivity contribution in [2.45, 2.75) is 47.1 Å². The maximum absolute atomic E-state index is 4.11. The highest BCUT2D eigenvalue weighted by atomic mass is 14.9. The van der Waals surface area contributed by atoms with Crippen molar-refractivity contribution in [1.29, 1.82) is 0 Å². The predicted molar refractivity (Wildman–Crippen MR) is 70.7 cm³/mol. The van der Waals surface area contributed by atoms with E-state index in [1.165, 1.54) is 29.3 Å². The molecule has 0 spiro atoms. The summed E-state index contributed by atoms with van der Waals surface area (Å²) >= 11 is 0. The third-order valence-corrected chi connectivity index (χ3v) is 2.72. The van der Waals surface area contributed by atoms with Gasteiger partial charge in [-0.25, -0.2) is 0 Å². The number of aryl methyl sites for hydroxylation is 2. The molecule has 2 nitrogen and oxygen atoms in total. The number of hydrogen-bond donors (Lipinski definition) is 0. The first-order valence-corrected chi connectivity index (χ1v) is 6.14. The Kier molecular flexibility index (Phi) is 5.03. The largest absolute Gasteiger partial charge is 0.347 e.